The molecule has 0 aliphatic rings. The standard InChI is InChI=1S/C10H17N3O/c1-8(2)14-6-10(11-3)9-4-12-7-13-5-9/h4-5,7-8,10-11H,6H2,1-3H3. The second-order valence-corrected chi connectivity index (χ2v) is 3.40. The summed E-state index contributed by atoms with van der Waals surface area (Å²) in [7, 11) is 1.90. The van der Waals surface area contributed by atoms with E-state index in [1.807, 2.05) is 20.9 Å². The quantitative estimate of drug-likeness (QED) is 0.766. The number of aromatic nitrogens is 2. The smallest absolute Gasteiger partial charge is 0.115 e. The van der Waals surface area contributed by atoms with Gasteiger partial charge >= 0.3 is 0 Å². The van der Waals surface area contributed by atoms with Crippen LogP contribution in [0, 0.1) is 0 Å². The van der Waals surface area contributed by atoms with Gasteiger partial charge < -0.3 is 10.1 Å². The van der Waals surface area contributed by atoms with E-state index in [4.69, 9.17) is 4.74 Å². The molecule has 1 unspecified atom stereocenters. The van der Waals surface area contributed by atoms with Crippen LogP contribution in [0.25, 0.3) is 0 Å². The number of hydrogen-bond acceptors (Lipinski definition) is 4. The Balaban J connectivity index is 2.54. The summed E-state index contributed by atoms with van der Waals surface area (Å²) in [5, 5.41) is 3.17. The fourth-order valence-corrected chi connectivity index (χ4v) is 1.13. The van der Waals surface area contributed by atoms with Crippen LogP contribution in [0.1, 0.15) is 25.5 Å². The van der Waals surface area contributed by atoms with E-state index < -0.39 is 0 Å². The summed E-state index contributed by atoms with van der Waals surface area (Å²) < 4.78 is 5.53. The molecule has 0 bridgehead atoms. The van der Waals surface area contributed by atoms with Crippen LogP contribution < -0.4 is 5.32 Å². The van der Waals surface area contributed by atoms with Gasteiger partial charge in [-0.15, -0.1) is 0 Å². The third kappa shape index (κ3) is 3.40. The molecule has 1 aromatic heterocycles. The highest BCUT2D eigenvalue weighted by atomic mass is 16.5. The highest BCUT2D eigenvalue weighted by molar-refractivity contribution is 5.08. The van der Waals surface area contributed by atoms with Crippen molar-refractivity contribution in [1.82, 2.24) is 15.3 Å². The van der Waals surface area contributed by atoms with Crippen LogP contribution in [0.3, 0.4) is 0 Å². The van der Waals surface area contributed by atoms with E-state index in [0.717, 1.165) is 5.56 Å². The number of nitrogens with one attached hydrogen (secondary N) is 1. The monoisotopic (exact) mass is 195 g/mol. The molecule has 4 nitrogen and oxygen atoms in total. The van der Waals surface area contributed by atoms with Crippen molar-refractivity contribution in [3.05, 3.63) is 24.3 Å². The number of likely N-dealkylation sites (N-methyl/N-ethyl adjacent to an activating group) is 1. The minimum absolute atomic E-state index is 0.165. The second kappa shape index (κ2) is 5.67. The molecule has 0 radical (unpaired) electrons. The molecule has 0 spiro atoms. The molecule has 0 aliphatic carbocycles. The Morgan fingerprint density at radius 2 is 2.00 bits per heavy atom. The van der Waals surface area contributed by atoms with Crippen LogP contribution in [-0.2, 0) is 4.74 Å². The van der Waals surface area contributed by atoms with Gasteiger partial charge in [0.05, 0.1) is 18.8 Å². The lowest BCUT2D eigenvalue weighted by atomic mass is 10.2. The van der Waals surface area contributed by atoms with Crippen LogP contribution >= 0.6 is 0 Å². The number of hydrogen-bond donors (Lipinski definition) is 1. The molecule has 1 aromatic rings. The molecule has 0 aliphatic heterocycles. The molecule has 0 amide bonds. The summed E-state index contributed by atoms with van der Waals surface area (Å²) in [6.45, 7) is 4.68. The van der Waals surface area contributed by atoms with E-state index in [9.17, 15) is 0 Å². The summed E-state index contributed by atoms with van der Waals surface area (Å²) in [6.07, 6.45) is 5.38. The summed E-state index contributed by atoms with van der Waals surface area (Å²) in [6, 6.07) is 0.165. The second-order valence-electron chi connectivity index (χ2n) is 3.40. The maximum Gasteiger partial charge on any atom is 0.115 e. The van der Waals surface area contributed by atoms with Gasteiger partial charge in [0, 0.05) is 18.0 Å². The van der Waals surface area contributed by atoms with Crippen LogP contribution in [-0.4, -0.2) is 29.7 Å². The normalized spacial score (nSPS) is 13.1. The lowest BCUT2D eigenvalue weighted by molar-refractivity contribution is 0.0625. The lowest BCUT2D eigenvalue weighted by Gasteiger charge is -2.17. The Kier molecular flexibility index (Phi) is 4.49. The average Bonchev–Trinajstić information content (AvgIpc) is 2.20. The molecule has 0 fully saturated rings. The first-order chi connectivity index (χ1) is 6.74. The third-order valence-electron chi connectivity index (χ3n) is 1.93. The molecular weight excluding hydrogens is 178 g/mol. The highest BCUT2D eigenvalue weighted by Gasteiger charge is 2.10. The van der Waals surface area contributed by atoms with Gasteiger partial charge in [-0.1, -0.05) is 0 Å². The van der Waals surface area contributed by atoms with Crippen molar-refractivity contribution in [3.63, 3.8) is 0 Å². The van der Waals surface area contributed by atoms with Crippen LogP contribution in [0.4, 0.5) is 0 Å². The molecule has 14 heavy (non-hydrogen) atoms. The van der Waals surface area contributed by atoms with E-state index in [2.05, 4.69) is 15.3 Å². The predicted octanol–water partition coefficient (Wildman–Crippen LogP) is 1.16. The highest BCUT2D eigenvalue weighted by Crippen LogP contribution is 2.10. The van der Waals surface area contributed by atoms with E-state index in [1.54, 1.807) is 12.4 Å². The Labute approximate surface area is 84.7 Å². The maximum absolute atomic E-state index is 5.53. The zero-order chi connectivity index (χ0) is 10.4. The fraction of sp³-hybridized carbons (Fsp3) is 0.600. The van der Waals surface area contributed by atoms with Crippen molar-refractivity contribution >= 4 is 0 Å². The molecule has 0 saturated carbocycles. The van der Waals surface area contributed by atoms with Crippen LogP contribution in [0.5, 0.6) is 0 Å². The number of ether oxygens (including phenoxy) is 1. The Morgan fingerprint density at radius 1 is 1.36 bits per heavy atom. The largest absolute Gasteiger partial charge is 0.377 e. The zero-order valence-electron chi connectivity index (χ0n) is 8.90. The molecule has 4 heteroatoms. The van der Waals surface area contributed by atoms with E-state index in [0.29, 0.717) is 6.61 Å². The SMILES string of the molecule is CNC(COC(C)C)c1cncnc1. The van der Waals surface area contributed by atoms with Crippen molar-refractivity contribution in [2.24, 2.45) is 0 Å². The molecule has 1 N–H and O–H groups in total. The molecule has 1 atom stereocenters. The van der Waals surface area contributed by atoms with Gasteiger partial charge in [-0.3, -0.25) is 0 Å². The summed E-state index contributed by atoms with van der Waals surface area (Å²) >= 11 is 0. The van der Waals surface area contributed by atoms with Gasteiger partial charge in [-0.2, -0.15) is 0 Å². The third-order valence-corrected chi connectivity index (χ3v) is 1.93. The molecule has 78 valence electrons. The lowest BCUT2D eigenvalue weighted by Crippen LogP contribution is -2.23. The first kappa shape index (κ1) is 11.1. The Hall–Kier alpha value is -1.00. The van der Waals surface area contributed by atoms with Crippen LogP contribution in [0.2, 0.25) is 0 Å². The number of nitrogens with zero attached hydrogens (tertiary/aromatic N) is 2. The molecule has 1 heterocycles. The summed E-state index contributed by atoms with van der Waals surface area (Å²) in [4.78, 5) is 7.95. The van der Waals surface area contributed by atoms with E-state index in [1.165, 1.54) is 6.33 Å². The van der Waals surface area contributed by atoms with Gasteiger partial charge in [-0.25, -0.2) is 9.97 Å². The van der Waals surface area contributed by atoms with Gasteiger partial charge in [0.15, 0.2) is 0 Å². The van der Waals surface area contributed by atoms with Gasteiger partial charge in [0.25, 0.3) is 0 Å². The topological polar surface area (TPSA) is 47.0 Å². The Morgan fingerprint density at radius 3 is 2.50 bits per heavy atom. The summed E-state index contributed by atoms with van der Waals surface area (Å²) in [5.41, 5.74) is 1.05. The van der Waals surface area contributed by atoms with Crippen LogP contribution in [0.15, 0.2) is 18.7 Å². The summed E-state index contributed by atoms with van der Waals surface area (Å²) in [5.74, 6) is 0. The van der Waals surface area contributed by atoms with Gasteiger partial charge in [0.2, 0.25) is 0 Å². The van der Waals surface area contributed by atoms with Crippen molar-refractivity contribution < 1.29 is 4.74 Å². The number of rotatable bonds is 5. The molecular formula is C10H17N3O. The maximum atomic E-state index is 5.53. The zero-order valence-corrected chi connectivity index (χ0v) is 8.90. The minimum atomic E-state index is 0.165. The van der Waals surface area contributed by atoms with E-state index >= 15 is 0 Å². The fourth-order valence-electron chi connectivity index (χ4n) is 1.13. The van der Waals surface area contributed by atoms with Gasteiger partial charge in [0.1, 0.15) is 6.33 Å². The van der Waals surface area contributed by atoms with Crippen molar-refractivity contribution in [2.75, 3.05) is 13.7 Å². The van der Waals surface area contributed by atoms with Crippen molar-refractivity contribution in [2.45, 2.75) is 26.0 Å². The molecule has 0 aromatic carbocycles. The average molecular weight is 195 g/mol. The minimum Gasteiger partial charge on any atom is -0.377 e. The predicted molar refractivity (Wildman–Crippen MR) is 54.9 cm³/mol. The van der Waals surface area contributed by atoms with Crippen molar-refractivity contribution in [1.29, 1.82) is 0 Å². The first-order valence-corrected chi connectivity index (χ1v) is 4.77. The van der Waals surface area contributed by atoms with Gasteiger partial charge in [-0.05, 0) is 20.9 Å². The first-order valence-electron chi connectivity index (χ1n) is 4.77. The van der Waals surface area contributed by atoms with Crippen molar-refractivity contribution in [3.8, 4) is 0 Å². The van der Waals surface area contributed by atoms with E-state index in [-0.39, 0.29) is 12.1 Å². The molecule has 0 saturated heterocycles. The Bertz CT molecular complexity index is 251. The molecule has 1 rings (SSSR count).